The van der Waals surface area contributed by atoms with E-state index in [2.05, 4.69) is 52.1 Å². The molecule has 4 nitrogen and oxygen atoms in total. The number of benzene rings is 2. The van der Waals surface area contributed by atoms with Crippen molar-refractivity contribution in [3.05, 3.63) is 84.8 Å². The number of aliphatic hydroxyl groups is 1. The van der Waals surface area contributed by atoms with Crippen molar-refractivity contribution < 1.29 is 5.11 Å². The number of hydrogen-bond acceptors (Lipinski definition) is 2. The zero-order valence-electron chi connectivity index (χ0n) is 14.5. The molecular weight excluding hydrogens is 358 g/mol. The largest absolute Gasteiger partial charge is 0.392 e. The van der Waals surface area contributed by atoms with Gasteiger partial charge in [0, 0.05) is 35.1 Å². The molecule has 0 atom stereocenters. The van der Waals surface area contributed by atoms with Crippen LogP contribution in [0.2, 0.25) is 0 Å². The Kier molecular flexibility index (Phi) is 4.44. The summed E-state index contributed by atoms with van der Waals surface area (Å²) in [5, 5.41) is 10.5. The van der Waals surface area contributed by atoms with Crippen molar-refractivity contribution >= 4 is 29.0 Å². The van der Waals surface area contributed by atoms with Gasteiger partial charge in [-0.2, -0.15) is 0 Å². The van der Waals surface area contributed by atoms with Gasteiger partial charge in [0.05, 0.1) is 12.3 Å². The summed E-state index contributed by atoms with van der Waals surface area (Å²) in [7, 11) is 0. The Labute approximate surface area is 162 Å². The molecule has 0 aliphatic heterocycles. The fourth-order valence-corrected chi connectivity index (χ4v) is 3.45. The van der Waals surface area contributed by atoms with Crippen molar-refractivity contribution in [3.63, 3.8) is 0 Å². The van der Waals surface area contributed by atoms with Crippen molar-refractivity contribution in [1.29, 1.82) is 0 Å². The second kappa shape index (κ2) is 6.91. The Morgan fingerprint density at radius 2 is 1.81 bits per heavy atom. The lowest BCUT2D eigenvalue weighted by Crippen LogP contribution is -1.87. The normalized spacial score (nSPS) is 11.0. The van der Waals surface area contributed by atoms with E-state index in [0.29, 0.717) is 0 Å². The summed E-state index contributed by atoms with van der Waals surface area (Å²) in [4.78, 5) is 8.04. The number of pyridine rings is 1. The zero-order chi connectivity index (χ0) is 17.5. The third-order valence-corrected chi connectivity index (χ3v) is 4.76. The van der Waals surface area contributed by atoms with Gasteiger partial charge in [-0.1, -0.05) is 30.3 Å². The quantitative estimate of drug-likeness (QED) is 0.463. The van der Waals surface area contributed by atoms with Crippen molar-refractivity contribution in [2.45, 2.75) is 6.61 Å². The number of nitrogens with zero attached hydrogens (tertiary/aromatic N) is 2. The van der Waals surface area contributed by atoms with Crippen LogP contribution in [0, 0.1) is 0 Å². The predicted octanol–water partition coefficient (Wildman–Crippen LogP) is 5.06. The van der Waals surface area contributed by atoms with Crippen LogP contribution in [0.4, 0.5) is 0 Å². The van der Waals surface area contributed by atoms with E-state index in [1.807, 2.05) is 36.5 Å². The maximum Gasteiger partial charge on any atom is 0.137 e. The van der Waals surface area contributed by atoms with Crippen LogP contribution in [-0.2, 0) is 6.61 Å². The summed E-state index contributed by atoms with van der Waals surface area (Å²) >= 11 is 0. The first-order chi connectivity index (χ1) is 12.8. The molecule has 0 saturated carbocycles. The molecule has 5 rings (SSSR count). The fourth-order valence-electron chi connectivity index (χ4n) is 3.45. The lowest BCUT2D eigenvalue weighted by molar-refractivity contribution is 0.282. The van der Waals surface area contributed by atoms with Crippen LogP contribution in [0.25, 0.3) is 38.9 Å². The first-order valence-electron chi connectivity index (χ1n) is 8.57. The minimum atomic E-state index is 0. The number of aromatic nitrogens is 3. The van der Waals surface area contributed by atoms with E-state index in [4.69, 9.17) is 4.98 Å². The molecule has 27 heavy (non-hydrogen) atoms. The van der Waals surface area contributed by atoms with Gasteiger partial charge in [0.15, 0.2) is 0 Å². The third-order valence-electron chi connectivity index (χ3n) is 4.76. The van der Waals surface area contributed by atoms with Crippen LogP contribution in [0.3, 0.4) is 0 Å². The molecule has 5 aromatic rings. The highest BCUT2D eigenvalue weighted by atomic mass is 35.5. The number of aromatic amines is 1. The zero-order valence-corrected chi connectivity index (χ0v) is 15.3. The molecule has 2 N–H and O–H groups in total. The van der Waals surface area contributed by atoms with Gasteiger partial charge in [0.1, 0.15) is 5.65 Å². The molecule has 0 bridgehead atoms. The minimum absolute atomic E-state index is 0. The maximum atomic E-state index is 9.36. The van der Waals surface area contributed by atoms with Crippen LogP contribution < -0.4 is 0 Å². The predicted molar refractivity (Wildman–Crippen MR) is 111 cm³/mol. The summed E-state index contributed by atoms with van der Waals surface area (Å²) in [6.07, 6.45) is 6.10. The van der Waals surface area contributed by atoms with E-state index in [0.717, 1.165) is 39.1 Å². The van der Waals surface area contributed by atoms with Crippen LogP contribution in [0.5, 0.6) is 0 Å². The van der Waals surface area contributed by atoms with E-state index in [-0.39, 0.29) is 19.0 Å². The molecule has 0 aliphatic rings. The number of fused-ring (bicyclic) bond motifs is 2. The standard InChI is InChI=1S/C22H17N3O.ClH/c26-14-15-3-1-4-16(11-15)17-7-8-22-24-21(13-25(22)12-17)18-5-2-6-20-19(18)9-10-23-20;/h1-13,23,26H,14H2;1H. The number of H-pyrrole nitrogens is 1. The number of rotatable bonds is 3. The van der Waals surface area contributed by atoms with Crippen molar-refractivity contribution in [2.75, 3.05) is 0 Å². The van der Waals surface area contributed by atoms with E-state index < -0.39 is 0 Å². The summed E-state index contributed by atoms with van der Waals surface area (Å²) in [5.74, 6) is 0. The molecule has 0 unspecified atom stereocenters. The van der Waals surface area contributed by atoms with E-state index in [9.17, 15) is 5.11 Å². The smallest absolute Gasteiger partial charge is 0.137 e. The van der Waals surface area contributed by atoms with Crippen LogP contribution in [-0.4, -0.2) is 19.5 Å². The van der Waals surface area contributed by atoms with Gasteiger partial charge in [0.25, 0.3) is 0 Å². The summed E-state index contributed by atoms with van der Waals surface area (Å²) in [6, 6.07) is 20.4. The van der Waals surface area contributed by atoms with Gasteiger partial charge < -0.3 is 14.5 Å². The van der Waals surface area contributed by atoms with Crippen molar-refractivity contribution in [3.8, 4) is 22.4 Å². The van der Waals surface area contributed by atoms with Crippen LogP contribution in [0.15, 0.2) is 79.3 Å². The Morgan fingerprint density at radius 1 is 0.926 bits per heavy atom. The summed E-state index contributed by atoms with van der Waals surface area (Å²) in [5.41, 5.74) is 7.19. The van der Waals surface area contributed by atoms with Gasteiger partial charge >= 0.3 is 0 Å². The van der Waals surface area contributed by atoms with Gasteiger partial charge in [-0.25, -0.2) is 4.98 Å². The average Bonchev–Trinajstić information content (AvgIpc) is 3.33. The Balaban J connectivity index is 0.00000180. The van der Waals surface area contributed by atoms with Crippen molar-refractivity contribution in [1.82, 2.24) is 14.4 Å². The Morgan fingerprint density at radius 3 is 2.70 bits per heavy atom. The van der Waals surface area contributed by atoms with E-state index in [1.54, 1.807) is 0 Å². The highest BCUT2D eigenvalue weighted by Crippen LogP contribution is 2.29. The van der Waals surface area contributed by atoms with Crippen molar-refractivity contribution in [2.24, 2.45) is 0 Å². The van der Waals surface area contributed by atoms with Gasteiger partial charge in [-0.3, -0.25) is 0 Å². The second-order valence-electron chi connectivity index (χ2n) is 6.41. The lowest BCUT2D eigenvalue weighted by Gasteiger charge is -2.04. The number of aliphatic hydroxyl groups excluding tert-OH is 1. The molecule has 0 fully saturated rings. The lowest BCUT2D eigenvalue weighted by atomic mass is 10.1. The molecular formula is C22H18ClN3O. The van der Waals surface area contributed by atoms with E-state index in [1.165, 1.54) is 5.39 Å². The highest BCUT2D eigenvalue weighted by Gasteiger charge is 2.09. The molecule has 0 aliphatic carbocycles. The second-order valence-corrected chi connectivity index (χ2v) is 6.41. The highest BCUT2D eigenvalue weighted by molar-refractivity contribution is 5.94. The first kappa shape index (κ1) is 17.3. The number of hydrogen-bond donors (Lipinski definition) is 2. The molecule has 0 spiro atoms. The SMILES string of the molecule is Cl.OCc1cccc(-c2ccc3nc(-c4cccc5[nH]ccc45)cn3c2)c1. The van der Waals surface area contributed by atoms with Crippen LogP contribution >= 0.6 is 12.4 Å². The molecule has 5 heteroatoms. The number of imidazole rings is 1. The monoisotopic (exact) mass is 375 g/mol. The molecule has 3 heterocycles. The number of halogens is 1. The van der Waals surface area contributed by atoms with Gasteiger partial charge in [-0.15, -0.1) is 12.4 Å². The van der Waals surface area contributed by atoms with E-state index >= 15 is 0 Å². The summed E-state index contributed by atoms with van der Waals surface area (Å²) in [6.45, 7) is 0.0476. The molecule has 0 amide bonds. The average molecular weight is 376 g/mol. The Hall–Kier alpha value is -3.08. The molecule has 3 aromatic heterocycles. The Bertz CT molecular complexity index is 1240. The molecule has 0 radical (unpaired) electrons. The maximum absolute atomic E-state index is 9.36. The first-order valence-corrected chi connectivity index (χ1v) is 8.57. The van der Waals surface area contributed by atoms with Crippen LogP contribution in [0.1, 0.15) is 5.56 Å². The molecule has 2 aromatic carbocycles. The van der Waals surface area contributed by atoms with Gasteiger partial charge in [-0.05, 0) is 47.0 Å². The fraction of sp³-hybridized carbons (Fsp3) is 0.0455. The number of nitrogens with one attached hydrogen (secondary N) is 1. The third kappa shape index (κ3) is 2.99. The molecule has 134 valence electrons. The topological polar surface area (TPSA) is 53.3 Å². The van der Waals surface area contributed by atoms with Gasteiger partial charge in [0.2, 0.25) is 0 Å². The molecule has 0 saturated heterocycles. The minimum Gasteiger partial charge on any atom is -0.392 e. The summed E-state index contributed by atoms with van der Waals surface area (Å²) < 4.78 is 2.06.